The highest BCUT2D eigenvalue weighted by Crippen LogP contribution is 2.57. The van der Waals surface area contributed by atoms with Gasteiger partial charge in [0.15, 0.2) is 0 Å². The molecule has 0 aliphatic heterocycles. The molecule has 0 atom stereocenters. The Balaban J connectivity index is 3.17. The van der Waals surface area contributed by atoms with Crippen molar-refractivity contribution in [3.63, 3.8) is 0 Å². The van der Waals surface area contributed by atoms with Gasteiger partial charge in [-0.2, -0.15) is 0 Å². The van der Waals surface area contributed by atoms with E-state index in [4.69, 9.17) is 9.79 Å². The van der Waals surface area contributed by atoms with Crippen molar-refractivity contribution in [2.45, 2.75) is 0 Å². The first-order chi connectivity index (χ1) is 2.56. The largest absolute Gasteiger partial charge is 0.323 e. The van der Waals surface area contributed by atoms with Crippen LogP contribution in [-0.2, 0) is 0 Å². The van der Waals surface area contributed by atoms with Crippen LogP contribution in [0.25, 0.3) is 0 Å². The summed E-state index contributed by atoms with van der Waals surface area (Å²) in [5, 5.41) is 0. The summed E-state index contributed by atoms with van der Waals surface area (Å²) < 4.78 is 0. The van der Waals surface area contributed by atoms with E-state index in [0.717, 1.165) is 11.4 Å². The van der Waals surface area contributed by atoms with Gasteiger partial charge in [0, 0.05) is 6.26 Å². The first kappa shape index (κ1) is 6.70. The lowest BCUT2D eigenvalue weighted by molar-refractivity contribution is 0.483. The van der Waals surface area contributed by atoms with Crippen molar-refractivity contribution >= 4 is 18.3 Å². The normalized spacial score (nSPS) is 12.0. The number of hydrogen-bond donors (Lipinski definition) is 2. The van der Waals surface area contributed by atoms with Gasteiger partial charge in [-0.25, -0.2) is 9.79 Å². The lowest BCUT2D eigenvalue weighted by Crippen LogP contribution is -1.74. The van der Waals surface area contributed by atoms with Crippen molar-refractivity contribution in [3.8, 4) is 0 Å². The van der Waals surface area contributed by atoms with Gasteiger partial charge in [-0.05, 0) is 0 Å². The molecule has 0 aromatic carbocycles. The maximum Gasteiger partial charge on any atom is 0.323 e. The second kappa shape index (κ2) is 2.12. The quantitative estimate of drug-likeness (QED) is 0.510. The molecule has 0 rings (SSSR count). The zero-order valence-electron chi connectivity index (χ0n) is 3.75. The van der Waals surface area contributed by atoms with Crippen LogP contribution in [0, 0.1) is 0 Å². The van der Waals surface area contributed by atoms with Crippen LogP contribution in [0.5, 0.6) is 0 Å². The van der Waals surface area contributed by atoms with Crippen LogP contribution in [0.2, 0.25) is 0 Å². The Kier molecular flexibility index (Phi) is 2.37. The summed E-state index contributed by atoms with van der Waals surface area (Å²) in [6.07, 6.45) is 1.67. The predicted octanol–water partition coefficient (Wildman–Crippen LogP) is 0.726. The van der Waals surface area contributed by atoms with Gasteiger partial charge in [0.2, 0.25) is 0 Å². The molecule has 38 valence electrons. The Morgan fingerprint density at radius 2 is 1.67 bits per heavy atom. The topological polar surface area (TPSA) is 40.5 Å². The van der Waals surface area contributed by atoms with E-state index in [2.05, 4.69) is 0 Å². The van der Waals surface area contributed by atoms with Gasteiger partial charge in [0.05, 0.1) is 11.4 Å². The van der Waals surface area contributed by atoms with E-state index in [1.165, 1.54) is 6.66 Å². The number of rotatable bonds is 1. The molecule has 0 aromatic heterocycles. The van der Waals surface area contributed by atoms with Gasteiger partial charge >= 0.3 is 6.92 Å². The van der Waals surface area contributed by atoms with E-state index in [0.29, 0.717) is 0 Å². The van der Waals surface area contributed by atoms with E-state index < -0.39 is 6.92 Å². The van der Waals surface area contributed by atoms with Crippen LogP contribution in [0.1, 0.15) is 0 Å². The average molecular weight is 127 g/mol. The molecule has 0 bridgehead atoms. The molecule has 2 nitrogen and oxygen atoms in total. The van der Waals surface area contributed by atoms with Crippen LogP contribution < -0.4 is 0 Å². The van der Waals surface area contributed by atoms with E-state index >= 15 is 0 Å². The average Bonchev–Trinajstić information content (AvgIpc) is 1.35. The van der Waals surface area contributed by atoms with Crippen LogP contribution in [0.4, 0.5) is 0 Å². The summed E-state index contributed by atoms with van der Waals surface area (Å²) in [6.45, 7) is -1.05. The highest BCUT2D eigenvalue weighted by molar-refractivity contribution is 8.58. The second-order valence-electron chi connectivity index (χ2n) is 1.02. The molecule has 0 radical (unpaired) electrons. The summed E-state index contributed by atoms with van der Waals surface area (Å²) in [5.41, 5.74) is 0. The minimum absolute atomic E-state index is 1.10. The second-order valence-corrected chi connectivity index (χ2v) is 6.22. The van der Waals surface area contributed by atoms with E-state index in [1.807, 2.05) is 0 Å². The summed E-state index contributed by atoms with van der Waals surface area (Å²) in [7, 11) is 0. The smallest absolute Gasteiger partial charge is 0.208 e. The van der Waals surface area contributed by atoms with Crippen LogP contribution in [-0.4, -0.2) is 22.7 Å². The molecular formula is C2H8O2PS+. The molecule has 0 heterocycles. The standard InChI is InChI=1S/C2H8O2PS/c1-5(3,4)6-2/h3-4H,1-2H3/q+1. The highest BCUT2D eigenvalue weighted by Gasteiger charge is 2.22. The molecule has 0 aliphatic rings. The van der Waals surface area contributed by atoms with Crippen molar-refractivity contribution in [2.24, 2.45) is 0 Å². The van der Waals surface area contributed by atoms with Gasteiger partial charge in [0.1, 0.15) is 6.66 Å². The Hall–Kier alpha value is 0.700. The lowest BCUT2D eigenvalue weighted by Gasteiger charge is -1.96. The molecule has 0 spiro atoms. The van der Waals surface area contributed by atoms with E-state index in [1.54, 1.807) is 6.26 Å². The predicted molar refractivity (Wildman–Crippen MR) is 30.8 cm³/mol. The van der Waals surface area contributed by atoms with Gasteiger partial charge in [0.25, 0.3) is 0 Å². The van der Waals surface area contributed by atoms with Crippen molar-refractivity contribution < 1.29 is 9.79 Å². The van der Waals surface area contributed by atoms with Crippen LogP contribution in [0.3, 0.4) is 0 Å². The molecule has 0 unspecified atom stereocenters. The van der Waals surface area contributed by atoms with Crippen molar-refractivity contribution in [3.05, 3.63) is 0 Å². The summed E-state index contributed by atoms with van der Waals surface area (Å²) in [6, 6.07) is 0. The van der Waals surface area contributed by atoms with Crippen molar-refractivity contribution in [1.82, 2.24) is 0 Å². The number of hydrogen-bond acceptors (Lipinski definition) is 3. The minimum Gasteiger partial charge on any atom is -0.208 e. The van der Waals surface area contributed by atoms with E-state index in [-0.39, 0.29) is 0 Å². The van der Waals surface area contributed by atoms with Crippen molar-refractivity contribution in [2.75, 3.05) is 12.9 Å². The first-order valence-electron chi connectivity index (χ1n) is 1.44. The minimum atomic E-state index is -2.48. The lowest BCUT2D eigenvalue weighted by atomic mass is 12.0. The fraction of sp³-hybridized carbons (Fsp3) is 1.00. The third kappa shape index (κ3) is 4.70. The third-order valence-electron chi connectivity index (χ3n) is 0.346. The third-order valence-corrected chi connectivity index (χ3v) is 3.11. The maximum absolute atomic E-state index is 8.46. The molecule has 0 saturated heterocycles. The molecular weight excluding hydrogens is 119 g/mol. The Labute approximate surface area is 41.8 Å². The summed E-state index contributed by atoms with van der Waals surface area (Å²) >= 11 is 1.10. The molecule has 0 fully saturated rings. The Bertz CT molecular complexity index is 41.3. The Morgan fingerprint density at radius 3 is 1.67 bits per heavy atom. The van der Waals surface area contributed by atoms with Crippen molar-refractivity contribution in [1.29, 1.82) is 0 Å². The van der Waals surface area contributed by atoms with Gasteiger partial charge in [-0.15, -0.1) is 0 Å². The molecule has 6 heavy (non-hydrogen) atoms. The molecule has 0 aromatic rings. The van der Waals surface area contributed by atoms with Crippen LogP contribution in [0.15, 0.2) is 0 Å². The molecule has 0 amide bonds. The SMILES string of the molecule is CS[P+](C)(O)O. The van der Waals surface area contributed by atoms with Gasteiger partial charge < -0.3 is 0 Å². The fourth-order valence-corrected chi connectivity index (χ4v) is 0. The first-order valence-corrected chi connectivity index (χ1v) is 5.41. The molecule has 4 heteroatoms. The summed E-state index contributed by atoms with van der Waals surface area (Å²) in [4.78, 5) is 16.9. The monoisotopic (exact) mass is 127 g/mol. The molecule has 0 aliphatic carbocycles. The molecule has 0 saturated carbocycles. The van der Waals surface area contributed by atoms with Gasteiger partial charge in [-0.1, -0.05) is 0 Å². The fourth-order valence-electron chi connectivity index (χ4n) is 0. The summed E-state index contributed by atoms with van der Waals surface area (Å²) in [5.74, 6) is 0. The maximum atomic E-state index is 8.46. The van der Waals surface area contributed by atoms with Gasteiger partial charge in [-0.3, -0.25) is 0 Å². The zero-order chi connectivity index (χ0) is 5.21. The zero-order valence-corrected chi connectivity index (χ0v) is 5.46. The highest BCUT2D eigenvalue weighted by atomic mass is 32.7. The van der Waals surface area contributed by atoms with E-state index in [9.17, 15) is 0 Å². The molecule has 2 N–H and O–H groups in total. The van der Waals surface area contributed by atoms with Crippen LogP contribution >= 0.6 is 18.3 Å². The Morgan fingerprint density at radius 1 is 1.50 bits per heavy atom.